The molecular weight excluding hydrogens is 795 g/mol. The highest BCUT2D eigenvalue weighted by Crippen LogP contribution is 2.35. The maximum atomic E-state index is 14.4. The maximum absolute atomic E-state index is 14.4. The molecule has 1 N–H and O–H groups in total. The first-order chi connectivity index (χ1) is 29.3. The minimum absolute atomic E-state index is 0.0423. The third-order valence-electron chi connectivity index (χ3n) is 11.4. The van der Waals surface area contributed by atoms with E-state index in [-0.39, 0.29) is 24.2 Å². The number of thioether (sulfide) groups is 1. The number of hydrogen-bond acceptors (Lipinski definition) is 7. The lowest BCUT2D eigenvalue weighted by atomic mass is 9.88. The first kappa shape index (κ1) is 43.2. The number of nitrogens with zero attached hydrogens (tertiary/aromatic N) is 3. The van der Waals surface area contributed by atoms with Gasteiger partial charge in [0.25, 0.3) is 0 Å². The molecule has 0 aliphatic carbocycles. The van der Waals surface area contributed by atoms with E-state index in [1.54, 1.807) is 17.8 Å². The first-order valence-electron chi connectivity index (χ1n) is 21.0. The number of likely N-dealkylation sites (tertiary alicyclic amines) is 1. The average molecular weight is 850 g/mol. The van der Waals surface area contributed by atoms with Gasteiger partial charge in [-0.3, -0.25) is 9.69 Å². The van der Waals surface area contributed by atoms with Gasteiger partial charge in [0.1, 0.15) is 30.8 Å². The number of carbonyl (C=O) groups excluding carboxylic acids is 2. The van der Waals surface area contributed by atoms with Crippen LogP contribution in [-0.2, 0) is 35.7 Å². The summed E-state index contributed by atoms with van der Waals surface area (Å²) in [6.45, 7) is 8.27. The van der Waals surface area contributed by atoms with Gasteiger partial charge in [-0.25, -0.2) is 9.18 Å². The van der Waals surface area contributed by atoms with Crippen LogP contribution in [0.2, 0.25) is 5.02 Å². The SMILES string of the molecule is CCSc1cc(F)ccc1CN1CCN(C(=O)[C@H](NC(=O)OCc2ccccc2)C2CCN(CCc3cc(Cl)ccc3-c3ccccc3OCc3ccccc3)CC2)CC1. The molecule has 314 valence electrons. The Balaban J connectivity index is 0.980. The van der Waals surface area contributed by atoms with Gasteiger partial charge >= 0.3 is 6.09 Å². The monoisotopic (exact) mass is 848 g/mol. The van der Waals surface area contributed by atoms with Crippen LogP contribution >= 0.6 is 23.4 Å². The standard InChI is InChI=1S/C49H54ClFN4O4S/c1-2-60-46-32-42(51)19-17-40(46)33-54-27-29-55(30-28-54)48(56)47(52-49(57)59-35-37-13-7-4-8-14-37)38-21-24-53(25-22-38)26-23-39-31-41(50)18-20-43(39)44-15-9-10-16-45(44)58-34-36-11-5-3-6-12-36/h3-20,31-32,38,47H,2,21-30,33-35H2,1H3,(H,52,57)/t47-/m1/s1. The summed E-state index contributed by atoms with van der Waals surface area (Å²) < 4.78 is 26.0. The van der Waals surface area contributed by atoms with Gasteiger partial charge in [0, 0.05) is 54.8 Å². The largest absolute Gasteiger partial charge is 0.488 e. The zero-order chi connectivity index (χ0) is 41.7. The Hall–Kier alpha value is -4.87. The summed E-state index contributed by atoms with van der Waals surface area (Å²) in [6.07, 6.45) is 1.73. The van der Waals surface area contributed by atoms with Crippen molar-refractivity contribution in [2.24, 2.45) is 5.92 Å². The highest BCUT2D eigenvalue weighted by molar-refractivity contribution is 7.99. The van der Waals surface area contributed by atoms with Gasteiger partial charge in [-0.05, 0) is 102 Å². The van der Waals surface area contributed by atoms with Crippen molar-refractivity contribution in [2.45, 2.75) is 56.9 Å². The number of hydrogen-bond donors (Lipinski definition) is 1. The molecule has 2 heterocycles. The minimum atomic E-state index is -0.696. The third-order valence-corrected chi connectivity index (χ3v) is 12.7. The number of carbonyl (C=O) groups is 2. The number of para-hydroxylation sites is 1. The van der Waals surface area contributed by atoms with E-state index in [0.29, 0.717) is 44.4 Å². The number of nitrogens with one attached hydrogen (secondary N) is 1. The summed E-state index contributed by atoms with van der Waals surface area (Å²) in [5.41, 5.74) is 6.36. The first-order valence-corrected chi connectivity index (χ1v) is 22.4. The predicted molar refractivity (Wildman–Crippen MR) is 239 cm³/mol. The Morgan fingerprint density at radius 3 is 2.17 bits per heavy atom. The summed E-state index contributed by atoms with van der Waals surface area (Å²) in [7, 11) is 0. The molecule has 7 rings (SSSR count). The fourth-order valence-corrected chi connectivity index (χ4v) is 9.18. The van der Waals surface area contributed by atoms with E-state index in [1.165, 1.54) is 6.07 Å². The number of halogens is 2. The molecule has 60 heavy (non-hydrogen) atoms. The molecule has 2 aliphatic heterocycles. The van der Waals surface area contributed by atoms with Crippen molar-refractivity contribution in [3.8, 4) is 16.9 Å². The van der Waals surface area contributed by atoms with Crippen molar-refractivity contribution in [1.29, 1.82) is 0 Å². The molecule has 0 radical (unpaired) electrons. The number of alkyl carbamates (subject to hydrolysis) is 1. The molecule has 8 nitrogen and oxygen atoms in total. The number of amides is 2. The lowest BCUT2D eigenvalue weighted by Gasteiger charge is -2.40. The second-order valence-corrected chi connectivity index (χ2v) is 17.2. The highest BCUT2D eigenvalue weighted by Gasteiger charge is 2.37. The van der Waals surface area contributed by atoms with Gasteiger partial charge in [-0.2, -0.15) is 0 Å². The summed E-state index contributed by atoms with van der Waals surface area (Å²) in [5, 5.41) is 3.71. The van der Waals surface area contributed by atoms with Crippen LogP contribution in [-0.4, -0.2) is 84.3 Å². The highest BCUT2D eigenvalue weighted by atomic mass is 35.5. The Morgan fingerprint density at radius 2 is 1.45 bits per heavy atom. The number of ether oxygens (including phenoxy) is 2. The summed E-state index contributed by atoms with van der Waals surface area (Å²) in [4.78, 5) is 35.2. The van der Waals surface area contributed by atoms with Gasteiger partial charge < -0.3 is 24.6 Å². The van der Waals surface area contributed by atoms with Crippen LogP contribution in [0.1, 0.15) is 42.0 Å². The van der Waals surface area contributed by atoms with E-state index in [2.05, 4.69) is 52.4 Å². The Morgan fingerprint density at radius 1 is 0.767 bits per heavy atom. The summed E-state index contributed by atoms with van der Waals surface area (Å²) >= 11 is 8.22. The van der Waals surface area contributed by atoms with Crippen LogP contribution in [0.5, 0.6) is 5.75 Å². The normalized spacial score (nSPS) is 15.7. The van der Waals surface area contributed by atoms with E-state index in [1.807, 2.05) is 83.8 Å². The van der Waals surface area contributed by atoms with Crippen LogP contribution in [0.4, 0.5) is 9.18 Å². The second-order valence-electron chi connectivity index (χ2n) is 15.5. The Kier molecular flexibility index (Phi) is 15.6. The van der Waals surface area contributed by atoms with Crippen LogP contribution in [0.25, 0.3) is 11.1 Å². The van der Waals surface area contributed by atoms with E-state index in [4.69, 9.17) is 21.1 Å². The summed E-state index contributed by atoms with van der Waals surface area (Å²) in [5.74, 6) is 1.36. The molecule has 2 aliphatic rings. The molecule has 0 bridgehead atoms. The molecule has 2 fully saturated rings. The van der Waals surface area contributed by atoms with E-state index in [9.17, 15) is 14.0 Å². The van der Waals surface area contributed by atoms with Crippen molar-refractivity contribution in [3.05, 3.63) is 154 Å². The minimum Gasteiger partial charge on any atom is -0.488 e. The quantitative estimate of drug-likeness (QED) is 0.0992. The molecule has 0 aromatic heterocycles. The molecular formula is C49H54ClFN4O4S. The topological polar surface area (TPSA) is 74.3 Å². The fourth-order valence-electron chi connectivity index (χ4n) is 8.16. The van der Waals surface area contributed by atoms with Crippen LogP contribution in [0, 0.1) is 11.7 Å². The van der Waals surface area contributed by atoms with Gasteiger partial charge in [0.2, 0.25) is 5.91 Å². The van der Waals surface area contributed by atoms with Crippen molar-refractivity contribution in [2.75, 3.05) is 51.6 Å². The van der Waals surface area contributed by atoms with Crippen molar-refractivity contribution >= 4 is 35.4 Å². The lowest BCUT2D eigenvalue weighted by molar-refractivity contribution is -0.137. The Labute approximate surface area is 363 Å². The molecule has 11 heteroatoms. The summed E-state index contributed by atoms with van der Waals surface area (Å²) in [6, 6.07) is 38.2. The maximum Gasteiger partial charge on any atom is 0.408 e. The van der Waals surface area contributed by atoms with Gasteiger partial charge in [-0.1, -0.05) is 110 Å². The zero-order valence-corrected chi connectivity index (χ0v) is 35.8. The smallest absolute Gasteiger partial charge is 0.408 e. The van der Waals surface area contributed by atoms with Gasteiger partial charge in [0.15, 0.2) is 0 Å². The van der Waals surface area contributed by atoms with Crippen LogP contribution in [0.3, 0.4) is 0 Å². The molecule has 0 saturated carbocycles. The van der Waals surface area contributed by atoms with Crippen molar-refractivity contribution in [3.63, 3.8) is 0 Å². The van der Waals surface area contributed by atoms with E-state index < -0.39 is 12.1 Å². The molecule has 2 saturated heterocycles. The molecule has 5 aromatic rings. The van der Waals surface area contributed by atoms with Crippen LogP contribution < -0.4 is 10.1 Å². The number of piperazine rings is 1. The third kappa shape index (κ3) is 11.9. The predicted octanol–water partition coefficient (Wildman–Crippen LogP) is 9.73. The number of benzene rings is 5. The van der Waals surface area contributed by atoms with Crippen molar-refractivity contribution < 1.29 is 23.5 Å². The molecule has 1 atom stereocenters. The average Bonchev–Trinajstić information content (AvgIpc) is 3.28. The Bertz CT molecular complexity index is 2160. The van der Waals surface area contributed by atoms with E-state index in [0.717, 1.165) is 88.7 Å². The molecule has 5 aromatic carbocycles. The van der Waals surface area contributed by atoms with Gasteiger partial charge in [-0.15, -0.1) is 11.8 Å². The van der Waals surface area contributed by atoms with Crippen molar-refractivity contribution in [1.82, 2.24) is 20.0 Å². The van der Waals surface area contributed by atoms with Crippen LogP contribution in [0.15, 0.2) is 126 Å². The van der Waals surface area contributed by atoms with Gasteiger partial charge in [0.05, 0.1) is 0 Å². The molecule has 0 unspecified atom stereocenters. The number of rotatable bonds is 16. The second kappa shape index (κ2) is 21.6. The molecule has 0 spiro atoms. The number of piperidine rings is 1. The van der Waals surface area contributed by atoms with E-state index >= 15 is 0 Å². The molecule has 2 amide bonds. The fraction of sp³-hybridized carbons (Fsp3) is 0.347. The lowest BCUT2D eigenvalue weighted by Crippen LogP contribution is -2.58. The zero-order valence-electron chi connectivity index (χ0n) is 34.2.